The lowest BCUT2D eigenvalue weighted by molar-refractivity contribution is 0.00586. The summed E-state index contributed by atoms with van der Waals surface area (Å²) in [6, 6.07) is 5.48. The van der Waals surface area contributed by atoms with Crippen molar-refractivity contribution in [2.24, 2.45) is 5.92 Å². The predicted octanol–water partition coefficient (Wildman–Crippen LogP) is 5.14. The number of carboxylic acids is 2. The third-order valence-corrected chi connectivity index (χ3v) is 4.67. The van der Waals surface area contributed by atoms with E-state index in [0.717, 1.165) is 25.6 Å². The van der Waals surface area contributed by atoms with Gasteiger partial charge >= 0.3 is 11.9 Å². The first kappa shape index (κ1) is 29.0. The van der Waals surface area contributed by atoms with Crippen LogP contribution in [0.3, 0.4) is 0 Å². The van der Waals surface area contributed by atoms with E-state index < -0.39 is 11.9 Å². The van der Waals surface area contributed by atoms with Crippen LogP contribution in [-0.4, -0.2) is 61.8 Å². The van der Waals surface area contributed by atoms with Gasteiger partial charge in [-0.2, -0.15) is 0 Å². The average Bonchev–Trinajstić information content (AvgIpc) is 2.77. The zero-order valence-corrected chi connectivity index (χ0v) is 19.3. The number of aromatic carboxylic acids is 2. The smallest absolute Gasteiger partial charge is 0.336 e. The monoisotopic (exact) mass is 440 g/mol. The Morgan fingerprint density at radius 2 is 1.26 bits per heavy atom. The maximum atomic E-state index is 10.5. The molecule has 1 atom stereocenters. The second-order valence-electron chi connectivity index (χ2n) is 7.23. The average molecular weight is 441 g/mol. The van der Waals surface area contributed by atoms with Gasteiger partial charge < -0.3 is 24.4 Å². The van der Waals surface area contributed by atoms with Crippen molar-refractivity contribution < 1.29 is 34.0 Å². The van der Waals surface area contributed by atoms with E-state index in [9.17, 15) is 9.59 Å². The van der Waals surface area contributed by atoms with Crippen LogP contribution in [0.25, 0.3) is 0 Å². The molecule has 178 valence electrons. The van der Waals surface area contributed by atoms with Crippen LogP contribution < -0.4 is 0 Å². The van der Waals surface area contributed by atoms with E-state index in [1.165, 1.54) is 56.4 Å². The Labute approximate surface area is 186 Å². The molecule has 0 bridgehead atoms. The molecule has 7 heteroatoms. The van der Waals surface area contributed by atoms with Crippen LogP contribution in [0, 0.1) is 5.92 Å². The van der Waals surface area contributed by atoms with E-state index in [4.69, 9.17) is 24.4 Å². The molecule has 1 aromatic rings. The van der Waals surface area contributed by atoms with E-state index in [-0.39, 0.29) is 11.1 Å². The Balaban J connectivity index is 0.000000639. The first-order valence-electron chi connectivity index (χ1n) is 11.3. The highest BCUT2D eigenvalue weighted by Crippen LogP contribution is 2.12. The first-order valence-corrected chi connectivity index (χ1v) is 11.3. The lowest BCUT2D eigenvalue weighted by atomic mass is 10.0. The van der Waals surface area contributed by atoms with Crippen molar-refractivity contribution in [3.05, 3.63) is 35.4 Å². The number of ether oxygens (including phenoxy) is 3. The molecule has 0 amide bonds. The van der Waals surface area contributed by atoms with Gasteiger partial charge in [-0.3, -0.25) is 0 Å². The lowest BCUT2D eigenvalue weighted by Crippen LogP contribution is -2.14. The van der Waals surface area contributed by atoms with Gasteiger partial charge in [0, 0.05) is 13.2 Å². The third-order valence-electron chi connectivity index (χ3n) is 4.67. The fraction of sp³-hybridized carbons (Fsp3) is 0.667. The molecule has 1 unspecified atom stereocenters. The molecule has 0 saturated carbocycles. The van der Waals surface area contributed by atoms with Gasteiger partial charge in [-0.15, -0.1) is 0 Å². The molecule has 7 nitrogen and oxygen atoms in total. The standard InChI is InChI=1S/C16H34O3.C8H6O4/c1-4-7-9-16(6-3)15-19-14-13-18-12-11-17-10-8-5-2;9-7(10)5-3-1-2-4-6(5)8(11)12/h16H,4-15H2,1-3H3;1-4H,(H,9,10)(H,11,12). The Morgan fingerprint density at radius 3 is 1.71 bits per heavy atom. The number of carbonyl (C=O) groups is 2. The van der Waals surface area contributed by atoms with Gasteiger partial charge in [0.1, 0.15) is 0 Å². The molecule has 0 radical (unpaired) electrons. The highest BCUT2D eigenvalue weighted by Gasteiger charge is 2.13. The van der Waals surface area contributed by atoms with E-state index in [1.807, 2.05) is 0 Å². The lowest BCUT2D eigenvalue weighted by Gasteiger charge is -2.14. The normalized spacial score (nSPS) is 11.5. The summed E-state index contributed by atoms with van der Waals surface area (Å²) in [4.78, 5) is 20.9. The van der Waals surface area contributed by atoms with Crippen molar-refractivity contribution in [3.8, 4) is 0 Å². The van der Waals surface area contributed by atoms with E-state index >= 15 is 0 Å². The molecule has 0 aliphatic carbocycles. The van der Waals surface area contributed by atoms with Crippen molar-refractivity contribution in [1.82, 2.24) is 0 Å². The number of hydrogen-bond donors (Lipinski definition) is 2. The number of rotatable bonds is 17. The molecule has 0 aliphatic heterocycles. The number of carboxylic acid groups (broad SMARTS) is 2. The maximum Gasteiger partial charge on any atom is 0.336 e. The summed E-state index contributed by atoms with van der Waals surface area (Å²) >= 11 is 0. The molecular formula is C24H40O7. The zero-order chi connectivity index (χ0) is 23.3. The van der Waals surface area contributed by atoms with Crippen molar-refractivity contribution in [3.63, 3.8) is 0 Å². The Morgan fingerprint density at radius 1 is 0.774 bits per heavy atom. The number of unbranched alkanes of at least 4 members (excludes halogenated alkanes) is 2. The molecule has 0 saturated heterocycles. The van der Waals surface area contributed by atoms with Crippen LogP contribution in [-0.2, 0) is 14.2 Å². The summed E-state index contributed by atoms with van der Waals surface area (Å²) in [5, 5.41) is 17.1. The topological polar surface area (TPSA) is 102 Å². The molecule has 0 heterocycles. The quantitative estimate of drug-likeness (QED) is 0.324. The summed E-state index contributed by atoms with van der Waals surface area (Å²) in [7, 11) is 0. The molecular weight excluding hydrogens is 400 g/mol. The molecule has 1 aromatic carbocycles. The Bertz CT molecular complexity index is 556. The van der Waals surface area contributed by atoms with Crippen LogP contribution in [0.5, 0.6) is 0 Å². The molecule has 31 heavy (non-hydrogen) atoms. The van der Waals surface area contributed by atoms with Crippen molar-refractivity contribution in [2.75, 3.05) is 39.6 Å². The fourth-order valence-electron chi connectivity index (χ4n) is 2.69. The van der Waals surface area contributed by atoms with Gasteiger partial charge in [-0.05, 0) is 30.9 Å². The molecule has 1 rings (SSSR count). The second-order valence-corrected chi connectivity index (χ2v) is 7.23. The Hall–Kier alpha value is -1.96. The first-order chi connectivity index (χ1) is 15.0. The van der Waals surface area contributed by atoms with E-state index in [0.29, 0.717) is 26.4 Å². The van der Waals surface area contributed by atoms with Gasteiger partial charge in [0.2, 0.25) is 0 Å². The van der Waals surface area contributed by atoms with E-state index in [1.54, 1.807) is 0 Å². The molecule has 0 spiro atoms. The van der Waals surface area contributed by atoms with Crippen molar-refractivity contribution >= 4 is 11.9 Å². The SMILES string of the molecule is CCCCOCCOCCOCC(CC)CCCC.O=C(O)c1ccccc1C(=O)O. The summed E-state index contributed by atoms with van der Waals surface area (Å²) < 4.78 is 16.5. The zero-order valence-electron chi connectivity index (χ0n) is 19.3. The largest absolute Gasteiger partial charge is 0.478 e. The number of hydrogen-bond acceptors (Lipinski definition) is 5. The minimum absolute atomic E-state index is 0.190. The van der Waals surface area contributed by atoms with Gasteiger partial charge in [-0.25, -0.2) is 9.59 Å². The highest BCUT2D eigenvalue weighted by atomic mass is 16.5. The molecule has 0 aliphatic rings. The van der Waals surface area contributed by atoms with Crippen molar-refractivity contribution in [2.45, 2.75) is 59.3 Å². The van der Waals surface area contributed by atoms with Crippen LogP contribution in [0.1, 0.15) is 80.0 Å². The summed E-state index contributed by atoms with van der Waals surface area (Å²) in [6.07, 6.45) is 7.42. The fourth-order valence-corrected chi connectivity index (χ4v) is 2.69. The van der Waals surface area contributed by atoms with Gasteiger partial charge in [0.05, 0.1) is 37.6 Å². The maximum absolute atomic E-state index is 10.5. The third kappa shape index (κ3) is 15.5. The van der Waals surface area contributed by atoms with Crippen LogP contribution in [0.2, 0.25) is 0 Å². The van der Waals surface area contributed by atoms with Gasteiger partial charge in [0.15, 0.2) is 0 Å². The highest BCUT2D eigenvalue weighted by molar-refractivity contribution is 6.01. The molecule has 2 N–H and O–H groups in total. The molecule has 0 aromatic heterocycles. The summed E-state index contributed by atoms with van der Waals surface area (Å²) in [5.41, 5.74) is -0.380. The van der Waals surface area contributed by atoms with Gasteiger partial charge in [-0.1, -0.05) is 58.6 Å². The molecule has 0 fully saturated rings. The minimum atomic E-state index is -1.23. The van der Waals surface area contributed by atoms with Crippen LogP contribution in [0.4, 0.5) is 0 Å². The Kier molecular flexibility index (Phi) is 18.7. The van der Waals surface area contributed by atoms with Crippen LogP contribution in [0.15, 0.2) is 24.3 Å². The van der Waals surface area contributed by atoms with Crippen molar-refractivity contribution in [1.29, 1.82) is 0 Å². The van der Waals surface area contributed by atoms with Gasteiger partial charge in [0.25, 0.3) is 0 Å². The second kappa shape index (κ2) is 20.0. The van der Waals surface area contributed by atoms with E-state index in [2.05, 4.69) is 20.8 Å². The summed E-state index contributed by atoms with van der Waals surface area (Å²) in [6.45, 7) is 11.2. The van der Waals surface area contributed by atoms with Crippen LogP contribution >= 0.6 is 0 Å². The number of benzene rings is 1. The minimum Gasteiger partial charge on any atom is -0.478 e. The summed E-state index contributed by atoms with van der Waals surface area (Å²) in [5.74, 6) is -1.74. The predicted molar refractivity (Wildman–Crippen MR) is 121 cm³/mol.